The maximum absolute atomic E-state index is 12.7. The van der Waals surface area contributed by atoms with Gasteiger partial charge in [-0.05, 0) is 42.8 Å². The van der Waals surface area contributed by atoms with Crippen molar-refractivity contribution >= 4 is 50.7 Å². The topological polar surface area (TPSA) is 52.6 Å². The Morgan fingerprint density at radius 3 is 2.58 bits per heavy atom. The van der Waals surface area contributed by atoms with Crippen molar-refractivity contribution in [3.05, 3.63) is 29.3 Å². The Hall–Kier alpha value is -0.540. The van der Waals surface area contributed by atoms with Crippen molar-refractivity contribution in [2.75, 3.05) is 44.7 Å². The number of rotatable bonds is 6. The van der Waals surface area contributed by atoms with Crippen LogP contribution in [0.3, 0.4) is 0 Å². The molecule has 0 saturated carbocycles. The second-order valence-corrected chi connectivity index (χ2v) is 9.09. The van der Waals surface area contributed by atoms with Gasteiger partial charge in [-0.15, -0.1) is 0 Å². The lowest BCUT2D eigenvalue weighted by molar-refractivity contribution is 0.264. The summed E-state index contributed by atoms with van der Waals surface area (Å²) in [5, 5.41) is 4.19. The minimum absolute atomic E-state index is 0.165. The van der Waals surface area contributed by atoms with Crippen LogP contribution in [0, 0.1) is 0 Å². The molecule has 0 aliphatic carbocycles. The van der Waals surface area contributed by atoms with Crippen LogP contribution in [-0.4, -0.2) is 67.5 Å². The van der Waals surface area contributed by atoms with Crippen molar-refractivity contribution < 1.29 is 8.42 Å². The number of hydrogen-bond acceptors (Lipinski definition) is 4. The van der Waals surface area contributed by atoms with Crippen molar-refractivity contribution in [2.24, 2.45) is 0 Å². The van der Waals surface area contributed by atoms with Gasteiger partial charge in [0.05, 0.1) is 5.02 Å². The van der Waals surface area contributed by atoms with E-state index in [0.29, 0.717) is 31.3 Å². The number of thiocarbonyl (C=S) groups is 1. The Labute approximate surface area is 158 Å². The van der Waals surface area contributed by atoms with E-state index < -0.39 is 10.0 Å². The number of nitrogens with zero attached hydrogens (tertiary/aromatic N) is 2. The van der Waals surface area contributed by atoms with Gasteiger partial charge in [0.1, 0.15) is 4.90 Å². The van der Waals surface area contributed by atoms with E-state index >= 15 is 0 Å². The average molecular weight is 408 g/mol. The third kappa shape index (κ3) is 4.98. The standard InChI is InChI=1S/C15H22ClN3O2S3/c1-23-12-4-7-17-15(22)18-8-10-19(11-9-18)24(20,21)14-6-3-2-5-13(14)16/h2-3,5-6H,4,7-12H2,1H3,(H,17,22). The first-order valence-electron chi connectivity index (χ1n) is 7.73. The van der Waals surface area contributed by atoms with Gasteiger partial charge in [-0.3, -0.25) is 0 Å². The highest BCUT2D eigenvalue weighted by Crippen LogP contribution is 2.24. The highest BCUT2D eigenvalue weighted by atomic mass is 35.5. The van der Waals surface area contributed by atoms with Crippen molar-refractivity contribution in [1.29, 1.82) is 0 Å². The van der Waals surface area contributed by atoms with Crippen LogP contribution < -0.4 is 5.32 Å². The largest absolute Gasteiger partial charge is 0.363 e. The van der Waals surface area contributed by atoms with Crippen molar-refractivity contribution in [2.45, 2.75) is 11.3 Å². The highest BCUT2D eigenvalue weighted by molar-refractivity contribution is 7.98. The van der Waals surface area contributed by atoms with Crippen molar-refractivity contribution in [3.63, 3.8) is 0 Å². The molecule has 0 atom stereocenters. The fourth-order valence-electron chi connectivity index (χ4n) is 2.45. The first-order chi connectivity index (χ1) is 11.5. The van der Waals surface area contributed by atoms with Crippen LogP contribution in [-0.2, 0) is 10.0 Å². The van der Waals surface area contributed by atoms with Gasteiger partial charge in [-0.25, -0.2) is 8.42 Å². The third-order valence-corrected chi connectivity index (χ3v) is 7.28. The lowest BCUT2D eigenvalue weighted by Gasteiger charge is -2.35. The SMILES string of the molecule is CSCCCNC(=S)N1CCN(S(=O)(=O)c2ccccc2Cl)CC1. The zero-order chi connectivity index (χ0) is 17.6. The van der Waals surface area contributed by atoms with Crippen molar-refractivity contribution in [1.82, 2.24) is 14.5 Å². The smallest absolute Gasteiger partial charge is 0.244 e. The maximum atomic E-state index is 12.7. The van der Waals surface area contributed by atoms with Crippen LogP contribution >= 0.6 is 35.6 Å². The van der Waals surface area contributed by atoms with Crippen LogP contribution in [0.25, 0.3) is 0 Å². The van der Waals surface area contributed by atoms with Gasteiger partial charge in [0.15, 0.2) is 5.11 Å². The van der Waals surface area contributed by atoms with Gasteiger partial charge in [0, 0.05) is 32.7 Å². The number of hydrogen-bond donors (Lipinski definition) is 1. The Kier molecular flexibility index (Phi) is 7.61. The Morgan fingerprint density at radius 1 is 1.29 bits per heavy atom. The second kappa shape index (κ2) is 9.24. The molecule has 1 N–H and O–H groups in total. The maximum Gasteiger partial charge on any atom is 0.244 e. The van der Waals surface area contributed by atoms with E-state index in [0.717, 1.165) is 18.7 Å². The van der Waals surface area contributed by atoms with E-state index in [2.05, 4.69) is 11.6 Å². The van der Waals surface area contributed by atoms with Crippen LogP contribution in [0.1, 0.15) is 6.42 Å². The quantitative estimate of drug-likeness (QED) is 0.576. The Morgan fingerprint density at radius 2 is 1.96 bits per heavy atom. The summed E-state index contributed by atoms with van der Waals surface area (Å²) in [6, 6.07) is 6.55. The Balaban J connectivity index is 1.90. The van der Waals surface area contributed by atoms with Crippen LogP contribution in [0.5, 0.6) is 0 Å². The predicted molar refractivity (Wildman–Crippen MR) is 105 cm³/mol. The summed E-state index contributed by atoms with van der Waals surface area (Å²) in [6.45, 7) is 2.81. The molecule has 0 bridgehead atoms. The number of sulfonamides is 1. The fraction of sp³-hybridized carbons (Fsp3) is 0.533. The molecule has 0 spiro atoms. The molecule has 1 aromatic carbocycles. The van der Waals surface area contributed by atoms with Crippen LogP contribution in [0.15, 0.2) is 29.2 Å². The zero-order valence-corrected chi connectivity index (χ0v) is 16.8. The average Bonchev–Trinajstić information content (AvgIpc) is 2.59. The monoisotopic (exact) mass is 407 g/mol. The second-order valence-electron chi connectivity index (χ2n) is 5.40. The molecular formula is C15H22ClN3O2S3. The van der Waals surface area contributed by atoms with E-state index in [9.17, 15) is 8.42 Å². The van der Waals surface area contributed by atoms with Gasteiger partial charge in [-0.2, -0.15) is 16.1 Å². The molecule has 0 amide bonds. The summed E-state index contributed by atoms with van der Waals surface area (Å²) in [5.74, 6) is 1.10. The minimum atomic E-state index is -3.56. The summed E-state index contributed by atoms with van der Waals surface area (Å²) in [6.07, 6.45) is 3.14. The van der Waals surface area contributed by atoms with E-state index in [4.69, 9.17) is 23.8 Å². The van der Waals surface area contributed by atoms with E-state index in [-0.39, 0.29) is 9.92 Å². The molecule has 0 aromatic heterocycles. The first-order valence-corrected chi connectivity index (χ1v) is 11.3. The molecule has 1 heterocycles. The number of benzene rings is 1. The molecule has 0 unspecified atom stereocenters. The molecule has 5 nitrogen and oxygen atoms in total. The molecule has 9 heteroatoms. The number of halogens is 1. The summed E-state index contributed by atoms with van der Waals surface area (Å²) >= 11 is 13.2. The van der Waals surface area contributed by atoms with Crippen LogP contribution in [0.2, 0.25) is 5.02 Å². The van der Waals surface area contributed by atoms with E-state index in [1.54, 1.807) is 24.3 Å². The van der Waals surface area contributed by atoms with Gasteiger partial charge < -0.3 is 10.2 Å². The van der Waals surface area contributed by atoms with Gasteiger partial charge in [0.25, 0.3) is 0 Å². The number of thioether (sulfide) groups is 1. The van der Waals surface area contributed by atoms with Gasteiger partial charge in [-0.1, -0.05) is 23.7 Å². The van der Waals surface area contributed by atoms with E-state index in [1.165, 1.54) is 4.31 Å². The molecule has 2 rings (SSSR count). The van der Waals surface area contributed by atoms with Gasteiger partial charge in [0.2, 0.25) is 10.0 Å². The van der Waals surface area contributed by atoms with Crippen molar-refractivity contribution in [3.8, 4) is 0 Å². The molecule has 1 fully saturated rings. The minimum Gasteiger partial charge on any atom is -0.363 e. The van der Waals surface area contributed by atoms with Gasteiger partial charge >= 0.3 is 0 Å². The molecule has 1 saturated heterocycles. The lowest BCUT2D eigenvalue weighted by Crippen LogP contribution is -2.53. The number of piperazine rings is 1. The van der Waals surface area contributed by atoms with E-state index in [1.807, 2.05) is 16.7 Å². The highest BCUT2D eigenvalue weighted by Gasteiger charge is 2.30. The molecular weight excluding hydrogens is 386 g/mol. The summed E-state index contributed by atoms with van der Waals surface area (Å²) in [5.41, 5.74) is 0. The molecule has 134 valence electrons. The fourth-order valence-corrected chi connectivity index (χ4v) is 5.08. The number of nitrogens with one attached hydrogen (secondary N) is 1. The molecule has 0 radical (unpaired) electrons. The summed E-state index contributed by atoms with van der Waals surface area (Å²) in [4.78, 5) is 2.19. The lowest BCUT2D eigenvalue weighted by atomic mass is 10.4. The molecule has 1 aliphatic rings. The third-order valence-electron chi connectivity index (χ3n) is 3.78. The zero-order valence-electron chi connectivity index (χ0n) is 13.6. The molecule has 1 aromatic rings. The normalized spacial score (nSPS) is 16.2. The predicted octanol–water partition coefficient (Wildman–Crippen LogP) is 2.27. The van der Waals surface area contributed by atoms with Crippen LogP contribution in [0.4, 0.5) is 0 Å². The molecule has 1 aliphatic heterocycles. The summed E-state index contributed by atoms with van der Waals surface area (Å²) in [7, 11) is -3.56. The summed E-state index contributed by atoms with van der Waals surface area (Å²) < 4.78 is 26.9. The Bertz CT molecular complexity index is 662. The first kappa shape index (κ1) is 19.8. The molecule has 24 heavy (non-hydrogen) atoms.